The number of hydrogen-bond donors (Lipinski definition) is 1. The molecule has 22 heavy (non-hydrogen) atoms. The summed E-state index contributed by atoms with van der Waals surface area (Å²) in [5.74, 6) is -1.19. The van der Waals surface area contributed by atoms with Crippen LogP contribution in [0.3, 0.4) is 0 Å². The van der Waals surface area contributed by atoms with Gasteiger partial charge < -0.3 is 0 Å². The molecule has 1 fully saturated rings. The van der Waals surface area contributed by atoms with E-state index < -0.39 is 23.9 Å². The number of nitrogens with zero attached hydrogens (tertiary/aromatic N) is 1. The first kappa shape index (κ1) is 14.8. The molecule has 3 rings (SSSR count). The van der Waals surface area contributed by atoms with Crippen LogP contribution in [-0.4, -0.2) is 23.6 Å². The van der Waals surface area contributed by atoms with Gasteiger partial charge in [-0.3, -0.25) is 10.2 Å². The van der Waals surface area contributed by atoms with Crippen LogP contribution in [0, 0.1) is 5.82 Å². The molecule has 0 saturated carbocycles. The van der Waals surface area contributed by atoms with Crippen LogP contribution in [0.1, 0.15) is 18.0 Å². The van der Waals surface area contributed by atoms with Gasteiger partial charge in [0.15, 0.2) is 0 Å². The number of benzene rings is 2. The average Bonchev–Trinajstić information content (AvgIpc) is 2.83. The van der Waals surface area contributed by atoms with Crippen LogP contribution in [0.4, 0.5) is 17.6 Å². The molecule has 1 amide bonds. The van der Waals surface area contributed by atoms with Crippen molar-refractivity contribution in [2.75, 3.05) is 6.54 Å². The zero-order valence-electron chi connectivity index (χ0n) is 11.3. The molecule has 116 valence electrons. The van der Waals surface area contributed by atoms with E-state index in [-0.39, 0.29) is 23.9 Å². The molecule has 0 spiro atoms. The summed E-state index contributed by atoms with van der Waals surface area (Å²) < 4.78 is 54.3. The minimum Gasteiger partial charge on any atom is -0.288 e. The van der Waals surface area contributed by atoms with Crippen molar-refractivity contribution in [3.05, 3.63) is 47.8 Å². The van der Waals surface area contributed by atoms with Gasteiger partial charge in [-0.15, -0.1) is 0 Å². The van der Waals surface area contributed by atoms with Crippen molar-refractivity contribution in [3.63, 3.8) is 0 Å². The topological polar surface area (TPSA) is 32.3 Å². The maximum Gasteiger partial charge on any atom is 0.409 e. The summed E-state index contributed by atoms with van der Waals surface area (Å²) in [5.41, 5.74) is 1.95. The molecule has 1 atom stereocenters. The van der Waals surface area contributed by atoms with Gasteiger partial charge in [-0.25, -0.2) is 9.40 Å². The van der Waals surface area contributed by atoms with Crippen LogP contribution in [0.15, 0.2) is 36.4 Å². The Morgan fingerprint density at radius 3 is 2.55 bits per heavy atom. The predicted octanol–water partition coefficient (Wildman–Crippen LogP) is 3.32. The summed E-state index contributed by atoms with van der Waals surface area (Å²) in [4.78, 5) is 11.2. The summed E-state index contributed by atoms with van der Waals surface area (Å²) in [7, 11) is 0. The lowest BCUT2D eigenvalue weighted by Gasteiger charge is -2.29. The molecule has 1 heterocycles. The fraction of sp³-hybridized carbons (Fsp3) is 0.267. The van der Waals surface area contributed by atoms with Crippen LogP contribution in [-0.2, 0) is 4.79 Å². The van der Waals surface area contributed by atoms with E-state index in [1.807, 2.05) is 0 Å². The molecule has 1 aliphatic rings. The Kier molecular flexibility index (Phi) is 3.52. The molecule has 0 aromatic heterocycles. The summed E-state index contributed by atoms with van der Waals surface area (Å²) in [6, 6.07) is 6.43. The lowest BCUT2D eigenvalue weighted by molar-refractivity contribution is -0.191. The fourth-order valence-electron chi connectivity index (χ4n) is 2.68. The normalized spacial score (nSPS) is 17.7. The second kappa shape index (κ2) is 5.24. The highest BCUT2D eigenvalue weighted by Crippen LogP contribution is 2.39. The first-order chi connectivity index (χ1) is 10.4. The molecule has 0 radical (unpaired) electrons. The van der Waals surface area contributed by atoms with E-state index in [0.717, 1.165) is 11.1 Å². The van der Waals surface area contributed by atoms with Crippen molar-refractivity contribution in [2.24, 2.45) is 0 Å². The van der Waals surface area contributed by atoms with E-state index in [2.05, 4.69) is 5.43 Å². The first-order valence-electron chi connectivity index (χ1n) is 6.67. The average molecular weight is 312 g/mol. The largest absolute Gasteiger partial charge is 0.409 e. The van der Waals surface area contributed by atoms with Gasteiger partial charge >= 0.3 is 6.18 Å². The maximum atomic E-state index is 14.1. The lowest BCUT2D eigenvalue weighted by Crippen LogP contribution is -2.43. The van der Waals surface area contributed by atoms with Crippen LogP contribution in [0.5, 0.6) is 0 Å². The van der Waals surface area contributed by atoms with Gasteiger partial charge in [0, 0.05) is 18.4 Å². The van der Waals surface area contributed by atoms with Crippen molar-refractivity contribution in [1.82, 2.24) is 10.4 Å². The highest BCUT2D eigenvalue weighted by Gasteiger charge is 2.47. The number of amides is 1. The summed E-state index contributed by atoms with van der Waals surface area (Å²) >= 11 is 0. The third-order valence-corrected chi connectivity index (χ3v) is 3.62. The Bertz CT molecular complexity index is 729. The number of nitrogens with one attached hydrogen (secondary N) is 1. The number of hydrazine groups is 1. The SMILES string of the molecule is O=C1CCN([C@@H](c2cc(F)c3ccccc3c2)C(F)(F)F)N1. The van der Waals surface area contributed by atoms with Crippen LogP contribution >= 0.6 is 0 Å². The summed E-state index contributed by atoms with van der Waals surface area (Å²) in [5, 5.41) is 1.46. The maximum absolute atomic E-state index is 14.1. The number of hydrogen-bond acceptors (Lipinski definition) is 2. The van der Waals surface area contributed by atoms with E-state index in [1.54, 1.807) is 18.2 Å². The number of halogens is 4. The highest BCUT2D eigenvalue weighted by molar-refractivity contribution is 5.84. The number of carbonyl (C=O) groups is 1. The Hall–Kier alpha value is -2.15. The second-order valence-electron chi connectivity index (χ2n) is 5.15. The van der Waals surface area contributed by atoms with Gasteiger partial charge in [-0.2, -0.15) is 13.2 Å². The monoisotopic (exact) mass is 312 g/mol. The second-order valence-corrected chi connectivity index (χ2v) is 5.15. The van der Waals surface area contributed by atoms with Gasteiger partial charge in [0.25, 0.3) is 0 Å². The molecule has 2 aromatic carbocycles. The molecule has 7 heteroatoms. The van der Waals surface area contributed by atoms with E-state index in [4.69, 9.17) is 0 Å². The van der Waals surface area contributed by atoms with Crippen LogP contribution in [0.2, 0.25) is 0 Å². The number of alkyl halides is 3. The number of rotatable bonds is 2. The fourth-order valence-corrected chi connectivity index (χ4v) is 2.68. The van der Waals surface area contributed by atoms with Crippen LogP contribution in [0.25, 0.3) is 10.8 Å². The standard InChI is InChI=1S/C15H12F4N2O/c16-12-8-10(7-9-3-1-2-4-11(9)12)14(15(17,18)19)21-6-5-13(22)20-21/h1-4,7-8,14H,5-6H2,(H,20,22)/t14-/m0/s1. The molecular weight excluding hydrogens is 300 g/mol. The minimum absolute atomic E-state index is 0.0113. The van der Waals surface area contributed by atoms with Gasteiger partial charge in [-0.05, 0) is 23.1 Å². The molecule has 1 N–H and O–H groups in total. The van der Waals surface area contributed by atoms with Crippen molar-refractivity contribution in [3.8, 4) is 0 Å². The Labute approximate surface area is 123 Å². The van der Waals surface area contributed by atoms with Crippen molar-refractivity contribution in [1.29, 1.82) is 0 Å². The first-order valence-corrected chi connectivity index (χ1v) is 6.67. The molecule has 3 nitrogen and oxygen atoms in total. The molecule has 1 saturated heterocycles. The Balaban J connectivity index is 2.10. The summed E-state index contributed by atoms with van der Waals surface area (Å²) in [6.45, 7) is -0.0720. The Morgan fingerprint density at radius 1 is 1.18 bits per heavy atom. The van der Waals surface area contributed by atoms with Gasteiger partial charge in [-0.1, -0.05) is 24.3 Å². The molecule has 0 aliphatic carbocycles. The smallest absolute Gasteiger partial charge is 0.288 e. The number of fused-ring (bicyclic) bond motifs is 1. The van der Waals surface area contributed by atoms with Crippen LogP contribution < -0.4 is 5.43 Å². The zero-order chi connectivity index (χ0) is 15.9. The highest BCUT2D eigenvalue weighted by atomic mass is 19.4. The predicted molar refractivity (Wildman–Crippen MR) is 72.2 cm³/mol. The molecule has 1 aliphatic heterocycles. The van der Waals surface area contributed by atoms with Gasteiger partial charge in [0.05, 0.1) is 0 Å². The van der Waals surface area contributed by atoms with E-state index in [1.165, 1.54) is 12.1 Å². The summed E-state index contributed by atoms with van der Waals surface area (Å²) in [6.07, 6.45) is -4.64. The van der Waals surface area contributed by atoms with E-state index in [9.17, 15) is 22.4 Å². The van der Waals surface area contributed by atoms with E-state index in [0.29, 0.717) is 5.39 Å². The van der Waals surface area contributed by atoms with Gasteiger partial charge in [0.2, 0.25) is 5.91 Å². The van der Waals surface area contributed by atoms with Crippen molar-refractivity contribution >= 4 is 16.7 Å². The molecule has 2 aromatic rings. The third kappa shape index (κ3) is 2.64. The minimum atomic E-state index is -4.63. The molecule has 0 unspecified atom stereocenters. The lowest BCUT2D eigenvalue weighted by atomic mass is 10.0. The van der Waals surface area contributed by atoms with Crippen molar-refractivity contribution < 1.29 is 22.4 Å². The Morgan fingerprint density at radius 2 is 1.91 bits per heavy atom. The molecular formula is C15H12F4N2O. The quantitative estimate of drug-likeness (QED) is 0.863. The molecule has 0 bridgehead atoms. The van der Waals surface area contributed by atoms with Gasteiger partial charge in [0.1, 0.15) is 11.9 Å². The number of carbonyl (C=O) groups excluding carboxylic acids is 1. The zero-order valence-corrected chi connectivity index (χ0v) is 11.3. The van der Waals surface area contributed by atoms with E-state index >= 15 is 0 Å². The third-order valence-electron chi connectivity index (χ3n) is 3.62. The van der Waals surface area contributed by atoms with Crippen molar-refractivity contribution in [2.45, 2.75) is 18.6 Å².